The summed E-state index contributed by atoms with van der Waals surface area (Å²) in [5.41, 5.74) is 8.36. The Bertz CT molecular complexity index is 1740. The topological polar surface area (TPSA) is 63.2 Å². The summed E-state index contributed by atoms with van der Waals surface area (Å²) in [6.45, 7) is 4.54. The lowest BCUT2D eigenvalue weighted by Gasteiger charge is -2.43. The fourth-order valence-electron chi connectivity index (χ4n) is 6.76. The second kappa shape index (κ2) is 12.8. The summed E-state index contributed by atoms with van der Waals surface area (Å²) in [5, 5.41) is 3.58. The highest BCUT2D eigenvalue weighted by molar-refractivity contribution is 9.10. The number of ether oxygens (including phenoxy) is 2. The van der Waals surface area contributed by atoms with Crippen molar-refractivity contribution in [2.24, 2.45) is 4.99 Å². The summed E-state index contributed by atoms with van der Waals surface area (Å²) in [6.07, 6.45) is 3.98. The van der Waals surface area contributed by atoms with Gasteiger partial charge in [-0.1, -0.05) is 60.7 Å². The lowest BCUT2D eigenvalue weighted by Crippen LogP contribution is -2.37. The fourth-order valence-corrected chi connectivity index (χ4v) is 8.18. The van der Waals surface area contributed by atoms with Crippen molar-refractivity contribution in [1.29, 1.82) is 0 Å². The number of amides is 1. The summed E-state index contributed by atoms with van der Waals surface area (Å²) in [5.74, 6) is 1.66. The Morgan fingerprint density at radius 1 is 0.956 bits per heavy atom. The molecule has 3 heterocycles. The van der Waals surface area contributed by atoms with E-state index in [1.54, 1.807) is 7.11 Å². The molecule has 2 atom stereocenters. The van der Waals surface area contributed by atoms with Crippen molar-refractivity contribution in [2.45, 2.75) is 31.6 Å². The van der Waals surface area contributed by atoms with E-state index in [1.807, 2.05) is 25.1 Å². The number of hydrogen-bond donors (Lipinski definition) is 1. The Labute approximate surface area is 276 Å². The van der Waals surface area contributed by atoms with Gasteiger partial charge in [-0.3, -0.25) is 4.79 Å². The first-order valence-electron chi connectivity index (χ1n) is 15.3. The van der Waals surface area contributed by atoms with E-state index in [9.17, 15) is 4.79 Å². The summed E-state index contributed by atoms with van der Waals surface area (Å²) in [7, 11) is 1.61. The second-order valence-electron chi connectivity index (χ2n) is 11.4. The number of anilines is 1. The number of nitrogens with one attached hydrogen (secondary N) is 1. The third-order valence-corrected chi connectivity index (χ3v) is 10.2. The van der Waals surface area contributed by atoms with E-state index in [2.05, 4.69) is 98.9 Å². The molecule has 3 aliphatic rings. The second-order valence-corrected chi connectivity index (χ2v) is 13.3. The van der Waals surface area contributed by atoms with E-state index in [-0.39, 0.29) is 5.91 Å². The number of hydrogen-bond acceptors (Lipinski definition) is 6. The average molecular weight is 681 g/mol. The minimum Gasteiger partial charge on any atom is -0.493 e. The maximum atomic E-state index is 13.1. The van der Waals surface area contributed by atoms with Crippen molar-refractivity contribution >= 4 is 56.2 Å². The van der Waals surface area contributed by atoms with Gasteiger partial charge in [-0.15, -0.1) is 0 Å². The predicted octanol–water partition coefficient (Wildman–Crippen LogP) is 8.63. The van der Waals surface area contributed by atoms with Gasteiger partial charge in [0.1, 0.15) is 0 Å². The van der Waals surface area contributed by atoms with Gasteiger partial charge in [0, 0.05) is 30.6 Å². The van der Waals surface area contributed by atoms with Crippen LogP contribution in [-0.4, -0.2) is 37.9 Å². The van der Waals surface area contributed by atoms with E-state index < -0.39 is 0 Å². The van der Waals surface area contributed by atoms with Gasteiger partial charge < -0.3 is 19.7 Å². The zero-order valence-corrected chi connectivity index (χ0v) is 27.7. The first-order chi connectivity index (χ1) is 22.0. The lowest BCUT2D eigenvalue weighted by molar-refractivity contribution is -0.115. The van der Waals surface area contributed by atoms with Crippen molar-refractivity contribution in [3.8, 4) is 11.5 Å². The van der Waals surface area contributed by atoms with Crippen LogP contribution in [0.5, 0.6) is 11.5 Å². The molecule has 1 fully saturated rings. The first-order valence-corrected chi connectivity index (χ1v) is 17.0. The van der Waals surface area contributed by atoms with E-state index in [1.165, 1.54) is 39.7 Å². The average Bonchev–Trinajstić information content (AvgIpc) is 3.40. The van der Waals surface area contributed by atoms with Crippen LogP contribution in [0.3, 0.4) is 0 Å². The predicted molar refractivity (Wildman–Crippen MR) is 187 cm³/mol. The Balaban J connectivity index is 1.28. The molecule has 0 radical (unpaired) electrons. The Hall–Kier alpha value is -4.01. The van der Waals surface area contributed by atoms with Crippen LogP contribution in [0.1, 0.15) is 59.4 Å². The molecule has 0 aromatic heterocycles. The van der Waals surface area contributed by atoms with Crippen LogP contribution in [-0.2, 0) is 4.79 Å². The van der Waals surface area contributed by atoms with Gasteiger partial charge in [-0.05, 0) is 106 Å². The molecule has 3 aliphatic heterocycles. The SMILES string of the molecule is CCOc1c(Br)cc(/C=C2\SC(=Nc3cc4c5c(c3)[C@H](c3ccccc3)CCN5CC[C@H]4c3ccccc3)NC2=O)cc1OC. The fraction of sp³-hybridized carbons (Fsp3) is 0.243. The van der Waals surface area contributed by atoms with Gasteiger partial charge >= 0.3 is 0 Å². The lowest BCUT2D eigenvalue weighted by atomic mass is 9.76. The monoisotopic (exact) mass is 679 g/mol. The number of amidine groups is 1. The van der Waals surface area contributed by atoms with Gasteiger partial charge in [0.2, 0.25) is 0 Å². The molecule has 0 saturated carbocycles. The molecule has 0 aliphatic carbocycles. The Morgan fingerprint density at radius 3 is 2.16 bits per heavy atom. The van der Waals surface area contributed by atoms with E-state index >= 15 is 0 Å². The molecule has 8 heteroatoms. The number of carbonyl (C=O) groups excluding carboxylic acids is 1. The third kappa shape index (κ3) is 5.89. The van der Waals surface area contributed by atoms with Crippen LogP contribution in [0, 0.1) is 0 Å². The molecule has 7 rings (SSSR count). The number of rotatable bonds is 7. The Kier molecular flexibility index (Phi) is 8.43. The van der Waals surface area contributed by atoms with Gasteiger partial charge in [0.25, 0.3) is 5.91 Å². The van der Waals surface area contributed by atoms with Crippen molar-refractivity contribution in [3.63, 3.8) is 0 Å². The minimum absolute atomic E-state index is 0.169. The molecule has 228 valence electrons. The van der Waals surface area contributed by atoms with Crippen molar-refractivity contribution in [1.82, 2.24) is 5.32 Å². The van der Waals surface area contributed by atoms with Crippen LogP contribution >= 0.6 is 27.7 Å². The maximum Gasteiger partial charge on any atom is 0.264 e. The van der Waals surface area contributed by atoms with Crippen LogP contribution in [0.15, 0.2) is 99.3 Å². The zero-order chi connectivity index (χ0) is 30.9. The zero-order valence-electron chi connectivity index (χ0n) is 25.3. The van der Waals surface area contributed by atoms with Gasteiger partial charge in [0.15, 0.2) is 16.7 Å². The number of thioether (sulfide) groups is 1. The number of methoxy groups -OCH3 is 1. The molecule has 6 nitrogen and oxygen atoms in total. The van der Waals surface area contributed by atoms with Gasteiger partial charge in [-0.25, -0.2) is 4.99 Å². The largest absolute Gasteiger partial charge is 0.493 e. The number of nitrogens with zero attached hydrogens (tertiary/aromatic N) is 2. The Morgan fingerprint density at radius 2 is 1.58 bits per heavy atom. The quantitative estimate of drug-likeness (QED) is 0.198. The summed E-state index contributed by atoms with van der Waals surface area (Å²) in [6, 6.07) is 29.9. The highest BCUT2D eigenvalue weighted by Gasteiger charge is 2.35. The third-order valence-electron chi connectivity index (χ3n) is 8.72. The number of aliphatic imine (C=N–C) groups is 1. The molecule has 0 spiro atoms. The molecule has 4 aromatic carbocycles. The number of halogens is 1. The van der Waals surface area contributed by atoms with Crippen molar-refractivity contribution < 1.29 is 14.3 Å². The van der Waals surface area contributed by atoms with E-state index in [4.69, 9.17) is 14.5 Å². The maximum absolute atomic E-state index is 13.1. The summed E-state index contributed by atoms with van der Waals surface area (Å²) < 4.78 is 12.1. The number of carbonyl (C=O) groups is 1. The standard InChI is InChI=1S/C37H34BrN3O3S/c1-3-44-35-31(38)18-23(19-32(35)43-2)20-33-36(42)40-37(45-33)39-26-21-29-27(24-10-6-4-7-11-24)14-16-41-17-15-28(30(22-26)34(29)41)25-12-8-5-9-13-25/h4-13,18-22,27-28H,3,14-17H2,1-2H3,(H,39,40,42)/b33-20-/t27-,28-/m0/s1. The van der Waals surface area contributed by atoms with Crippen molar-refractivity contribution in [3.05, 3.63) is 122 Å². The van der Waals surface area contributed by atoms with Crippen LogP contribution in [0.2, 0.25) is 0 Å². The molecule has 1 saturated heterocycles. The normalized spacial score (nSPS) is 20.7. The molecule has 1 amide bonds. The summed E-state index contributed by atoms with van der Waals surface area (Å²) >= 11 is 4.94. The molecular weight excluding hydrogens is 646 g/mol. The van der Waals surface area contributed by atoms with Gasteiger partial charge in [0.05, 0.1) is 28.8 Å². The molecule has 4 aromatic rings. The first kappa shape index (κ1) is 29.7. The van der Waals surface area contributed by atoms with Crippen molar-refractivity contribution in [2.75, 3.05) is 31.7 Å². The summed E-state index contributed by atoms with van der Waals surface area (Å²) in [4.78, 5) is 21.3. The highest BCUT2D eigenvalue weighted by atomic mass is 79.9. The van der Waals surface area contributed by atoms with E-state index in [0.717, 1.165) is 41.7 Å². The minimum atomic E-state index is -0.169. The molecule has 1 N–H and O–H groups in total. The van der Waals surface area contributed by atoms with Gasteiger partial charge in [-0.2, -0.15) is 0 Å². The molecule has 45 heavy (non-hydrogen) atoms. The number of benzene rings is 4. The molecule has 0 bridgehead atoms. The molecular formula is C37H34BrN3O3S. The smallest absolute Gasteiger partial charge is 0.264 e. The van der Waals surface area contributed by atoms with Crippen LogP contribution < -0.4 is 19.7 Å². The van der Waals surface area contributed by atoms with E-state index in [0.29, 0.717) is 40.0 Å². The highest BCUT2D eigenvalue weighted by Crippen LogP contribution is 2.50. The van der Waals surface area contributed by atoms with Crippen LogP contribution in [0.25, 0.3) is 6.08 Å². The molecule has 0 unspecified atom stereocenters. The van der Waals surface area contributed by atoms with Crippen LogP contribution in [0.4, 0.5) is 11.4 Å².